The molecule has 0 aliphatic rings. The van der Waals surface area contributed by atoms with Crippen molar-refractivity contribution < 1.29 is 14.3 Å². The van der Waals surface area contributed by atoms with Gasteiger partial charge in [-0.2, -0.15) is 0 Å². The van der Waals surface area contributed by atoms with Crippen molar-refractivity contribution in [3.05, 3.63) is 64.9 Å². The van der Waals surface area contributed by atoms with E-state index in [9.17, 15) is 14.3 Å². The topological polar surface area (TPSA) is 37.3 Å². The van der Waals surface area contributed by atoms with E-state index < -0.39 is 11.2 Å². The van der Waals surface area contributed by atoms with Gasteiger partial charge in [-0.1, -0.05) is 23.7 Å². The number of benzene rings is 2. The van der Waals surface area contributed by atoms with Crippen molar-refractivity contribution >= 4 is 29.3 Å². The highest BCUT2D eigenvalue weighted by Gasteiger charge is 2.19. The molecule has 20 heavy (non-hydrogen) atoms. The molecule has 0 fully saturated rings. The van der Waals surface area contributed by atoms with E-state index in [1.54, 1.807) is 36.4 Å². The molecule has 0 heterocycles. The monoisotopic (exact) mass is 310 g/mol. The summed E-state index contributed by atoms with van der Waals surface area (Å²) in [5.41, 5.74) is 0.792. The van der Waals surface area contributed by atoms with E-state index in [0.717, 1.165) is 10.5 Å². The Labute approximate surface area is 125 Å². The number of halogens is 2. The van der Waals surface area contributed by atoms with Crippen molar-refractivity contribution in [2.24, 2.45) is 0 Å². The first-order chi connectivity index (χ1) is 9.54. The Morgan fingerprint density at radius 2 is 1.75 bits per heavy atom. The quantitative estimate of drug-likeness (QED) is 0.838. The predicted octanol–water partition coefficient (Wildman–Crippen LogP) is 4.27. The molecule has 1 atom stereocenters. The number of thioether (sulfide) groups is 1. The van der Waals surface area contributed by atoms with Gasteiger partial charge < -0.3 is 5.11 Å². The number of hydrogen-bond acceptors (Lipinski definition) is 2. The van der Waals surface area contributed by atoms with Crippen molar-refractivity contribution in [3.8, 4) is 0 Å². The fourth-order valence-corrected chi connectivity index (χ4v) is 2.82. The lowest BCUT2D eigenvalue weighted by Gasteiger charge is -2.12. The van der Waals surface area contributed by atoms with Gasteiger partial charge in [0, 0.05) is 9.92 Å². The fourth-order valence-electron chi connectivity index (χ4n) is 1.69. The van der Waals surface area contributed by atoms with Crippen molar-refractivity contribution in [3.63, 3.8) is 0 Å². The van der Waals surface area contributed by atoms with Crippen LogP contribution in [0.15, 0.2) is 53.4 Å². The highest BCUT2D eigenvalue weighted by atomic mass is 35.5. The summed E-state index contributed by atoms with van der Waals surface area (Å²) in [7, 11) is 0. The van der Waals surface area contributed by atoms with Crippen LogP contribution in [0.2, 0.25) is 5.02 Å². The molecule has 0 bridgehead atoms. The maximum atomic E-state index is 12.8. The van der Waals surface area contributed by atoms with Crippen LogP contribution < -0.4 is 0 Å². The van der Waals surface area contributed by atoms with Crippen molar-refractivity contribution in [1.82, 2.24) is 0 Å². The Bertz CT molecular complexity index is 536. The van der Waals surface area contributed by atoms with Gasteiger partial charge in [0.05, 0.1) is 0 Å². The van der Waals surface area contributed by atoms with Crippen LogP contribution in [0, 0.1) is 5.82 Å². The summed E-state index contributed by atoms with van der Waals surface area (Å²) < 4.78 is 12.8. The SMILES string of the molecule is O=C(O)[C@@H](Cc1ccc(F)cc1)Sc1ccc(Cl)cc1. The zero-order valence-corrected chi connectivity index (χ0v) is 12.0. The van der Waals surface area contributed by atoms with Crippen LogP contribution in [0.3, 0.4) is 0 Å². The van der Waals surface area contributed by atoms with Crippen molar-refractivity contribution in [2.45, 2.75) is 16.6 Å². The molecule has 0 aromatic heterocycles. The lowest BCUT2D eigenvalue weighted by Crippen LogP contribution is -2.19. The Morgan fingerprint density at radius 1 is 1.15 bits per heavy atom. The van der Waals surface area contributed by atoms with Crippen LogP contribution in [-0.2, 0) is 11.2 Å². The molecule has 0 aliphatic heterocycles. The first-order valence-corrected chi connectivity index (χ1v) is 7.20. The summed E-state index contributed by atoms with van der Waals surface area (Å²) in [6.07, 6.45) is 0.336. The molecule has 2 aromatic carbocycles. The van der Waals surface area contributed by atoms with Crippen molar-refractivity contribution in [1.29, 1.82) is 0 Å². The van der Waals surface area contributed by atoms with Crippen LogP contribution in [-0.4, -0.2) is 16.3 Å². The summed E-state index contributed by atoms with van der Waals surface area (Å²) in [4.78, 5) is 12.2. The number of hydrogen-bond donors (Lipinski definition) is 1. The molecule has 2 aromatic rings. The van der Waals surface area contributed by atoms with E-state index in [2.05, 4.69) is 0 Å². The largest absolute Gasteiger partial charge is 0.480 e. The molecule has 2 rings (SSSR count). The Kier molecular flexibility index (Phi) is 5.04. The first kappa shape index (κ1) is 14.9. The molecular formula is C15H12ClFO2S. The van der Waals surface area contributed by atoms with Crippen molar-refractivity contribution in [2.75, 3.05) is 0 Å². The molecule has 0 saturated heterocycles. The van der Waals surface area contributed by atoms with Gasteiger partial charge in [-0.3, -0.25) is 4.79 Å². The second-order valence-corrected chi connectivity index (χ2v) is 5.94. The average molecular weight is 311 g/mol. The molecule has 0 spiro atoms. The van der Waals surface area contributed by atoms with Gasteiger partial charge in [-0.15, -0.1) is 11.8 Å². The summed E-state index contributed by atoms with van der Waals surface area (Å²) in [6, 6.07) is 12.9. The molecule has 0 amide bonds. The first-order valence-electron chi connectivity index (χ1n) is 5.94. The minimum atomic E-state index is -0.894. The van der Waals surface area contributed by atoms with Gasteiger partial charge >= 0.3 is 5.97 Å². The zero-order chi connectivity index (χ0) is 14.5. The molecular weight excluding hydrogens is 299 g/mol. The second kappa shape index (κ2) is 6.77. The van der Waals surface area contributed by atoms with E-state index >= 15 is 0 Å². The lowest BCUT2D eigenvalue weighted by atomic mass is 10.1. The summed E-state index contributed by atoms with van der Waals surface area (Å²) in [5, 5.41) is 9.27. The molecule has 2 nitrogen and oxygen atoms in total. The third-order valence-corrected chi connectivity index (χ3v) is 4.15. The summed E-state index contributed by atoms with van der Waals surface area (Å²) in [6.45, 7) is 0. The maximum absolute atomic E-state index is 12.8. The van der Waals surface area contributed by atoms with Crippen LogP contribution in [0.5, 0.6) is 0 Å². The Morgan fingerprint density at radius 3 is 2.30 bits per heavy atom. The molecule has 0 aliphatic carbocycles. The molecule has 1 N–H and O–H groups in total. The zero-order valence-electron chi connectivity index (χ0n) is 10.4. The average Bonchev–Trinajstić information content (AvgIpc) is 2.42. The van der Waals surface area contributed by atoms with Gasteiger partial charge in [0.15, 0.2) is 0 Å². The number of carboxylic acid groups (broad SMARTS) is 1. The van der Waals surface area contributed by atoms with E-state index in [1.807, 2.05) is 0 Å². The number of aliphatic carboxylic acids is 1. The van der Waals surface area contributed by atoms with E-state index in [1.165, 1.54) is 23.9 Å². The van der Waals surface area contributed by atoms with Crippen LogP contribution in [0.1, 0.15) is 5.56 Å². The van der Waals surface area contributed by atoms with Crippen LogP contribution in [0.25, 0.3) is 0 Å². The second-order valence-electron chi connectivity index (χ2n) is 4.23. The van der Waals surface area contributed by atoms with Gasteiger partial charge in [-0.25, -0.2) is 4.39 Å². The van der Waals surface area contributed by atoms with Crippen LogP contribution in [0.4, 0.5) is 4.39 Å². The molecule has 104 valence electrons. The van der Waals surface area contributed by atoms with Gasteiger partial charge in [-0.05, 0) is 48.4 Å². The minimum Gasteiger partial charge on any atom is -0.480 e. The molecule has 0 saturated carbocycles. The smallest absolute Gasteiger partial charge is 0.317 e. The molecule has 5 heteroatoms. The third kappa shape index (κ3) is 4.25. The van der Waals surface area contributed by atoms with Gasteiger partial charge in [0.1, 0.15) is 11.1 Å². The molecule has 0 radical (unpaired) electrons. The number of carbonyl (C=O) groups is 1. The Balaban J connectivity index is 2.09. The van der Waals surface area contributed by atoms with E-state index in [0.29, 0.717) is 11.4 Å². The minimum absolute atomic E-state index is 0.328. The Hall–Kier alpha value is -1.52. The highest BCUT2D eigenvalue weighted by molar-refractivity contribution is 8.00. The molecule has 0 unspecified atom stereocenters. The number of rotatable bonds is 5. The summed E-state index contributed by atoms with van der Waals surface area (Å²) >= 11 is 7.05. The predicted molar refractivity (Wildman–Crippen MR) is 78.8 cm³/mol. The van der Waals surface area contributed by atoms with Gasteiger partial charge in [0.25, 0.3) is 0 Å². The van der Waals surface area contributed by atoms with Gasteiger partial charge in [0.2, 0.25) is 0 Å². The lowest BCUT2D eigenvalue weighted by molar-refractivity contribution is -0.136. The number of carboxylic acids is 1. The normalized spacial score (nSPS) is 12.1. The third-order valence-electron chi connectivity index (χ3n) is 2.70. The maximum Gasteiger partial charge on any atom is 0.317 e. The van der Waals surface area contributed by atoms with Crippen LogP contribution >= 0.6 is 23.4 Å². The fraction of sp³-hybridized carbons (Fsp3) is 0.133. The summed E-state index contributed by atoms with van der Waals surface area (Å²) in [5.74, 6) is -1.22. The highest BCUT2D eigenvalue weighted by Crippen LogP contribution is 2.27. The van der Waals surface area contributed by atoms with E-state index in [4.69, 9.17) is 11.6 Å². The van der Waals surface area contributed by atoms with E-state index in [-0.39, 0.29) is 5.82 Å². The standard InChI is InChI=1S/C15H12ClFO2S/c16-11-3-7-13(8-4-11)20-14(15(18)19)9-10-1-5-12(17)6-2-10/h1-8,14H,9H2,(H,18,19)/t14-/m1/s1.